The Kier molecular flexibility index (Phi) is 4.86. The minimum absolute atomic E-state index is 0.133. The zero-order chi connectivity index (χ0) is 17.1. The molecule has 1 amide bonds. The van der Waals surface area contributed by atoms with E-state index in [-0.39, 0.29) is 11.9 Å². The van der Waals surface area contributed by atoms with Gasteiger partial charge in [0.15, 0.2) is 0 Å². The van der Waals surface area contributed by atoms with E-state index in [4.69, 9.17) is 4.74 Å². The zero-order valence-corrected chi connectivity index (χ0v) is 14.5. The lowest BCUT2D eigenvalue weighted by atomic mass is 10.1. The minimum atomic E-state index is -0.133. The number of carbonyl (C=O) groups excluding carboxylic acids is 1. The number of carbonyl (C=O) groups is 1. The summed E-state index contributed by atoms with van der Waals surface area (Å²) in [7, 11) is 1.67. The van der Waals surface area contributed by atoms with Gasteiger partial charge in [0.1, 0.15) is 5.75 Å². The van der Waals surface area contributed by atoms with Crippen LogP contribution in [0, 0.1) is 6.92 Å². The largest absolute Gasteiger partial charge is 0.497 e. The molecule has 0 saturated carbocycles. The van der Waals surface area contributed by atoms with E-state index in [1.807, 2.05) is 42.2 Å². The maximum absolute atomic E-state index is 12.8. The van der Waals surface area contributed by atoms with Crippen LogP contribution in [0.3, 0.4) is 0 Å². The van der Waals surface area contributed by atoms with Crippen LogP contribution in [0.25, 0.3) is 0 Å². The number of benzene rings is 2. The smallest absolute Gasteiger partial charge is 0.244 e. The van der Waals surface area contributed by atoms with Crippen molar-refractivity contribution < 1.29 is 9.53 Å². The van der Waals surface area contributed by atoms with Gasteiger partial charge in [-0.3, -0.25) is 9.69 Å². The van der Waals surface area contributed by atoms with Gasteiger partial charge in [-0.05, 0) is 43.7 Å². The quantitative estimate of drug-likeness (QED) is 0.865. The van der Waals surface area contributed by atoms with E-state index in [9.17, 15) is 4.79 Å². The first kappa shape index (κ1) is 16.5. The zero-order valence-electron chi connectivity index (χ0n) is 14.5. The van der Waals surface area contributed by atoms with E-state index < -0.39 is 0 Å². The molecular weight excluding hydrogens is 300 g/mol. The standard InChI is InChI=1S/C20H24N2O2/c1-15-7-9-18(10-8-15)22-12-11-21(16(2)20(22)23)14-17-5-4-6-19(13-17)24-3/h4-10,13,16H,11-12,14H2,1-3H3. The Labute approximate surface area is 143 Å². The average molecular weight is 324 g/mol. The predicted molar refractivity (Wildman–Crippen MR) is 96.4 cm³/mol. The molecule has 0 spiro atoms. The van der Waals surface area contributed by atoms with Crippen molar-refractivity contribution in [2.75, 3.05) is 25.1 Å². The minimum Gasteiger partial charge on any atom is -0.497 e. The lowest BCUT2D eigenvalue weighted by Crippen LogP contribution is -2.55. The van der Waals surface area contributed by atoms with Crippen molar-refractivity contribution in [1.29, 1.82) is 0 Å². The van der Waals surface area contributed by atoms with Crippen molar-refractivity contribution in [3.8, 4) is 5.75 Å². The second-order valence-corrected chi connectivity index (χ2v) is 6.32. The highest BCUT2D eigenvalue weighted by atomic mass is 16.5. The summed E-state index contributed by atoms with van der Waals surface area (Å²) in [6.45, 7) is 6.38. The Morgan fingerprint density at radius 2 is 1.88 bits per heavy atom. The number of rotatable bonds is 4. The second kappa shape index (κ2) is 7.05. The van der Waals surface area contributed by atoms with Gasteiger partial charge in [-0.25, -0.2) is 0 Å². The van der Waals surface area contributed by atoms with Crippen LogP contribution in [-0.2, 0) is 11.3 Å². The molecule has 0 aromatic heterocycles. The molecule has 4 nitrogen and oxygen atoms in total. The maximum Gasteiger partial charge on any atom is 0.244 e. The molecule has 1 aliphatic heterocycles. The monoisotopic (exact) mass is 324 g/mol. The fourth-order valence-corrected chi connectivity index (χ4v) is 3.12. The lowest BCUT2D eigenvalue weighted by molar-refractivity contribution is -0.125. The van der Waals surface area contributed by atoms with E-state index in [1.54, 1.807) is 7.11 Å². The number of amides is 1. The number of nitrogens with zero attached hydrogens (tertiary/aromatic N) is 2. The summed E-state index contributed by atoms with van der Waals surface area (Å²) in [6.07, 6.45) is 0. The van der Waals surface area contributed by atoms with Crippen molar-refractivity contribution in [2.45, 2.75) is 26.4 Å². The van der Waals surface area contributed by atoms with Crippen molar-refractivity contribution in [3.63, 3.8) is 0 Å². The molecule has 0 N–H and O–H groups in total. The molecule has 2 aromatic rings. The van der Waals surface area contributed by atoms with Gasteiger partial charge in [0, 0.05) is 25.3 Å². The summed E-state index contributed by atoms with van der Waals surface area (Å²) in [5.74, 6) is 1.01. The van der Waals surface area contributed by atoms with Crippen molar-refractivity contribution in [3.05, 3.63) is 59.7 Å². The Morgan fingerprint density at radius 1 is 1.12 bits per heavy atom. The van der Waals surface area contributed by atoms with Gasteiger partial charge in [-0.1, -0.05) is 29.8 Å². The van der Waals surface area contributed by atoms with E-state index in [0.29, 0.717) is 0 Å². The van der Waals surface area contributed by atoms with Crippen LogP contribution in [0.15, 0.2) is 48.5 Å². The molecule has 0 radical (unpaired) electrons. The average Bonchev–Trinajstić information content (AvgIpc) is 2.60. The van der Waals surface area contributed by atoms with Gasteiger partial charge in [0.05, 0.1) is 13.2 Å². The molecule has 1 unspecified atom stereocenters. The molecule has 1 atom stereocenters. The fourth-order valence-electron chi connectivity index (χ4n) is 3.12. The molecule has 1 saturated heterocycles. The van der Waals surface area contributed by atoms with Crippen molar-refractivity contribution in [2.24, 2.45) is 0 Å². The third kappa shape index (κ3) is 3.44. The lowest BCUT2D eigenvalue weighted by Gasteiger charge is -2.39. The molecular formula is C20H24N2O2. The van der Waals surface area contributed by atoms with Gasteiger partial charge < -0.3 is 9.64 Å². The molecule has 3 rings (SSSR count). The molecule has 1 fully saturated rings. The van der Waals surface area contributed by atoms with Gasteiger partial charge >= 0.3 is 0 Å². The molecule has 0 aliphatic carbocycles. The number of piperazine rings is 1. The molecule has 1 aliphatic rings. The summed E-state index contributed by atoms with van der Waals surface area (Å²) in [4.78, 5) is 16.9. The van der Waals surface area contributed by atoms with Gasteiger partial charge in [-0.15, -0.1) is 0 Å². The van der Waals surface area contributed by atoms with Crippen LogP contribution in [0.2, 0.25) is 0 Å². The highest BCUT2D eigenvalue weighted by Crippen LogP contribution is 2.23. The molecule has 24 heavy (non-hydrogen) atoms. The first-order valence-corrected chi connectivity index (χ1v) is 8.33. The van der Waals surface area contributed by atoms with E-state index in [0.717, 1.165) is 36.6 Å². The Hall–Kier alpha value is -2.33. The maximum atomic E-state index is 12.8. The van der Waals surface area contributed by atoms with Crippen LogP contribution in [0.1, 0.15) is 18.1 Å². The summed E-state index contributed by atoms with van der Waals surface area (Å²) in [5, 5.41) is 0. The van der Waals surface area contributed by atoms with Gasteiger partial charge in [-0.2, -0.15) is 0 Å². The van der Waals surface area contributed by atoms with Crippen LogP contribution in [-0.4, -0.2) is 37.0 Å². The predicted octanol–water partition coefficient (Wildman–Crippen LogP) is 3.24. The van der Waals surface area contributed by atoms with Gasteiger partial charge in [0.25, 0.3) is 0 Å². The Morgan fingerprint density at radius 3 is 2.58 bits per heavy atom. The molecule has 1 heterocycles. The van der Waals surface area contributed by atoms with Crippen LogP contribution in [0.5, 0.6) is 5.75 Å². The SMILES string of the molecule is COc1cccc(CN2CCN(c3ccc(C)cc3)C(=O)C2C)c1. The van der Waals surface area contributed by atoms with E-state index in [2.05, 4.69) is 30.0 Å². The summed E-state index contributed by atoms with van der Waals surface area (Å²) >= 11 is 0. The third-order valence-corrected chi connectivity index (χ3v) is 4.65. The van der Waals surface area contributed by atoms with Crippen LogP contribution >= 0.6 is 0 Å². The first-order valence-electron chi connectivity index (χ1n) is 8.33. The Balaban J connectivity index is 1.71. The topological polar surface area (TPSA) is 32.8 Å². The number of hydrogen-bond donors (Lipinski definition) is 0. The van der Waals surface area contributed by atoms with Crippen LogP contribution in [0.4, 0.5) is 5.69 Å². The van der Waals surface area contributed by atoms with E-state index >= 15 is 0 Å². The van der Waals surface area contributed by atoms with E-state index in [1.165, 1.54) is 5.56 Å². The normalized spacial score (nSPS) is 18.7. The third-order valence-electron chi connectivity index (χ3n) is 4.65. The fraction of sp³-hybridized carbons (Fsp3) is 0.350. The van der Waals surface area contributed by atoms with Crippen molar-refractivity contribution in [1.82, 2.24) is 4.90 Å². The first-order chi connectivity index (χ1) is 11.6. The van der Waals surface area contributed by atoms with Gasteiger partial charge in [0.2, 0.25) is 5.91 Å². The number of hydrogen-bond acceptors (Lipinski definition) is 3. The second-order valence-electron chi connectivity index (χ2n) is 6.32. The molecule has 0 bridgehead atoms. The van der Waals surface area contributed by atoms with Crippen molar-refractivity contribution >= 4 is 11.6 Å². The molecule has 126 valence electrons. The number of methoxy groups -OCH3 is 1. The number of aryl methyl sites for hydroxylation is 1. The Bertz CT molecular complexity index is 712. The number of ether oxygens (including phenoxy) is 1. The summed E-state index contributed by atoms with van der Waals surface area (Å²) in [5.41, 5.74) is 3.35. The molecule has 4 heteroatoms. The highest BCUT2D eigenvalue weighted by Gasteiger charge is 2.32. The molecule has 2 aromatic carbocycles. The summed E-state index contributed by atoms with van der Waals surface area (Å²) in [6, 6.07) is 16.1. The van der Waals surface area contributed by atoms with Crippen LogP contribution < -0.4 is 9.64 Å². The number of anilines is 1. The summed E-state index contributed by atoms with van der Waals surface area (Å²) < 4.78 is 5.28. The highest BCUT2D eigenvalue weighted by molar-refractivity contribution is 5.97.